The van der Waals surface area contributed by atoms with Crippen LogP contribution in [-0.4, -0.2) is 42.5 Å². The highest BCUT2D eigenvalue weighted by Gasteiger charge is 2.32. The molecule has 118 valence electrons. The first-order valence-electron chi connectivity index (χ1n) is 6.62. The van der Waals surface area contributed by atoms with E-state index in [1.165, 1.54) is 0 Å². The smallest absolute Gasteiger partial charge is 0.166 e. The molecule has 0 spiro atoms. The zero-order valence-corrected chi connectivity index (χ0v) is 14.8. The summed E-state index contributed by atoms with van der Waals surface area (Å²) in [6.07, 6.45) is 0. The lowest BCUT2D eigenvalue weighted by Gasteiger charge is -2.34. The summed E-state index contributed by atoms with van der Waals surface area (Å²) in [5.74, 6) is 1.68. The van der Waals surface area contributed by atoms with E-state index in [0.29, 0.717) is 28.0 Å². The number of nitrogens with two attached hydrogens (primary N) is 1. The molecule has 2 rings (SSSR count). The number of sulfone groups is 1. The minimum atomic E-state index is -3.10. The fourth-order valence-electron chi connectivity index (χ4n) is 2.28. The van der Waals surface area contributed by atoms with E-state index in [2.05, 4.69) is 0 Å². The summed E-state index contributed by atoms with van der Waals surface area (Å²) in [6, 6.07) is 3.50. The van der Waals surface area contributed by atoms with Crippen LogP contribution in [0.3, 0.4) is 0 Å². The number of rotatable bonds is 4. The Bertz CT molecular complexity index is 600. The number of benzene rings is 1. The Hall–Kier alpha value is -0.140. The summed E-state index contributed by atoms with van der Waals surface area (Å²) < 4.78 is 24.4. The minimum Gasteiger partial charge on any atom is -0.396 e. The van der Waals surface area contributed by atoms with Gasteiger partial charge in [0.2, 0.25) is 0 Å². The van der Waals surface area contributed by atoms with E-state index < -0.39 is 15.2 Å². The highest BCUT2D eigenvalue weighted by molar-refractivity contribution is 8.01. The molecule has 0 amide bonds. The molecule has 0 radical (unpaired) electrons. The largest absolute Gasteiger partial charge is 0.396 e. The van der Waals surface area contributed by atoms with E-state index in [9.17, 15) is 8.42 Å². The van der Waals surface area contributed by atoms with Crippen molar-refractivity contribution in [3.05, 3.63) is 27.7 Å². The summed E-state index contributed by atoms with van der Waals surface area (Å²) in [7, 11) is -3.10. The fourth-order valence-corrected chi connectivity index (χ4v) is 5.89. The molecule has 1 aromatic rings. The molecular formula is C13H18Cl2N2O2S2. The first-order chi connectivity index (χ1) is 9.85. The molecule has 1 heterocycles. The first-order valence-corrected chi connectivity index (χ1v) is 10.2. The van der Waals surface area contributed by atoms with Crippen LogP contribution in [0.1, 0.15) is 12.5 Å². The Balaban J connectivity index is 2.24. The third-order valence-corrected chi connectivity index (χ3v) is 7.49. The summed E-state index contributed by atoms with van der Waals surface area (Å²) in [5, 5.41) is 0.355. The van der Waals surface area contributed by atoms with Crippen LogP contribution in [0, 0.1) is 0 Å². The van der Waals surface area contributed by atoms with E-state index in [1.54, 1.807) is 30.8 Å². The molecule has 1 unspecified atom stereocenters. The van der Waals surface area contributed by atoms with Gasteiger partial charge in [0.15, 0.2) is 9.84 Å². The molecule has 0 bridgehead atoms. The monoisotopic (exact) mass is 368 g/mol. The van der Waals surface area contributed by atoms with Gasteiger partial charge in [-0.2, -0.15) is 11.8 Å². The average Bonchev–Trinajstić information content (AvgIpc) is 2.45. The summed E-state index contributed by atoms with van der Waals surface area (Å²) in [6.45, 7) is 2.92. The molecule has 0 aromatic heterocycles. The molecule has 8 heteroatoms. The van der Waals surface area contributed by atoms with Gasteiger partial charge >= 0.3 is 0 Å². The van der Waals surface area contributed by atoms with Crippen LogP contribution in [0.5, 0.6) is 0 Å². The Morgan fingerprint density at radius 2 is 2.00 bits per heavy atom. The first kappa shape index (κ1) is 17.2. The van der Waals surface area contributed by atoms with E-state index in [4.69, 9.17) is 28.9 Å². The number of nitrogens with zero attached hydrogens (tertiary/aromatic N) is 1. The Labute approximate surface area is 139 Å². The van der Waals surface area contributed by atoms with Gasteiger partial charge in [0.1, 0.15) is 5.37 Å². The van der Waals surface area contributed by atoms with Crippen molar-refractivity contribution in [1.82, 2.24) is 4.90 Å². The normalized spacial score (nSPS) is 20.6. The van der Waals surface area contributed by atoms with Crippen LogP contribution in [0.4, 0.5) is 5.69 Å². The molecule has 2 N–H and O–H groups in total. The molecule has 4 nitrogen and oxygen atoms in total. The van der Waals surface area contributed by atoms with Crippen molar-refractivity contribution in [3.8, 4) is 0 Å². The molecule has 1 aromatic carbocycles. The number of anilines is 1. The second kappa shape index (κ2) is 6.96. The topological polar surface area (TPSA) is 63.4 Å². The molecule has 0 saturated carbocycles. The number of nitrogen functional groups attached to an aromatic ring is 1. The summed E-state index contributed by atoms with van der Waals surface area (Å²) >= 11 is 13.8. The van der Waals surface area contributed by atoms with Crippen LogP contribution in [0.25, 0.3) is 0 Å². The van der Waals surface area contributed by atoms with Crippen molar-refractivity contribution in [2.24, 2.45) is 0 Å². The zero-order valence-electron chi connectivity index (χ0n) is 11.7. The van der Waals surface area contributed by atoms with Crippen LogP contribution in [0.2, 0.25) is 10.0 Å². The molecular weight excluding hydrogens is 351 g/mol. The molecule has 1 saturated heterocycles. The zero-order chi connectivity index (χ0) is 15.6. The van der Waals surface area contributed by atoms with Crippen LogP contribution in [0.15, 0.2) is 12.1 Å². The van der Waals surface area contributed by atoms with Gasteiger partial charge in [-0.25, -0.2) is 8.42 Å². The van der Waals surface area contributed by atoms with Crippen LogP contribution >= 0.6 is 35.0 Å². The molecule has 0 aliphatic carbocycles. The average molecular weight is 369 g/mol. The second-order valence-corrected chi connectivity index (χ2v) is 9.34. The van der Waals surface area contributed by atoms with Crippen molar-refractivity contribution in [1.29, 1.82) is 0 Å². The van der Waals surface area contributed by atoms with E-state index in [0.717, 1.165) is 17.9 Å². The standard InChI is InChI=1S/C13H18Cl2N2O2S2/c1-2-21(18,19)12-8-20-4-3-17(12)7-9-5-10(14)13(16)11(15)6-9/h5-6,12H,2-4,7-8,16H2,1H3. The minimum absolute atomic E-state index is 0.151. The molecule has 21 heavy (non-hydrogen) atoms. The number of halogens is 2. The predicted molar refractivity (Wildman–Crippen MR) is 91.9 cm³/mol. The maximum Gasteiger partial charge on any atom is 0.166 e. The van der Waals surface area contributed by atoms with Gasteiger partial charge in [0, 0.05) is 30.3 Å². The third kappa shape index (κ3) is 3.99. The fraction of sp³-hybridized carbons (Fsp3) is 0.538. The van der Waals surface area contributed by atoms with Gasteiger partial charge in [0.25, 0.3) is 0 Å². The number of thioether (sulfide) groups is 1. The lowest BCUT2D eigenvalue weighted by molar-refractivity contribution is 0.262. The van der Waals surface area contributed by atoms with Gasteiger partial charge in [-0.3, -0.25) is 4.90 Å². The van der Waals surface area contributed by atoms with Gasteiger partial charge in [-0.1, -0.05) is 30.1 Å². The maximum atomic E-state index is 12.2. The Morgan fingerprint density at radius 1 is 1.38 bits per heavy atom. The number of hydrogen-bond acceptors (Lipinski definition) is 5. The van der Waals surface area contributed by atoms with Crippen LogP contribution in [-0.2, 0) is 16.4 Å². The van der Waals surface area contributed by atoms with Crippen molar-refractivity contribution in [3.63, 3.8) is 0 Å². The second-order valence-electron chi connectivity index (χ2n) is 4.92. The molecule has 1 aliphatic rings. The van der Waals surface area contributed by atoms with E-state index in [-0.39, 0.29) is 5.75 Å². The predicted octanol–water partition coefficient (Wildman–Crippen LogP) is 2.89. The lowest BCUT2D eigenvalue weighted by Crippen LogP contribution is -2.47. The van der Waals surface area contributed by atoms with Crippen molar-refractivity contribution in [2.75, 3.05) is 29.5 Å². The van der Waals surface area contributed by atoms with Crippen LogP contribution < -0.4 is 5.73 Å². The Kier molecular flexibility index (Phi) is 5.71. The summed E-state index contributed by atoms with van der Waals surface area (Å²) in [5.41, 5.74) is 6.96. The molecule has 1 atom stereocenters. The van der Waals surface area contributed by atoms with Gasteiger partial charge in [0.05, 0.1) is 15.7 Å². The molecule has 1 aliphatic heterocycles. The third-order valence-electron chi connectivity index (χ3n) is 3.53. The van der Waals surface area contributed by atoms with Gasteiger partial charge in [-0.15, -0.1) is 0 Å². The van der Waals surface area contributed by atoms with E-state index >= 15 is 0 Å². The SMILES string of the molecule is CCS(=O)(=O)C1CSCCN1Cc1cc(Cl)c(N)c(Cl)c1. The van der Waals surface area contributed by atoms with Gasteiger partial charge < -0.3 is 5.73 Å². The summed E-state index contributed by atoms with van der Waals surface area (Å²) in [4.78, 5) is 1.98. The van der Waals surface area contributed by atoms with Crippen molar-refractivity contribution < 1.29 is 8.42 Å². The maximum absolute atomic E-state index is 12.2. The molecule has 1 fully saturated rings. The quantitative estimate of drug-likeness (QED) is 0.827. The van der Waals surface area contributed by atoms with E-state index in [1.807, 2.05) is 4.90 Å². The number of hydrogen-bond donors (Lipinski definition) is 1. The highest BCUT2D eigenvalue weighted by Crippen LogP contribution is 2.30. The lowest BCUT2D eigenvalue weighted by atomic mass is 10.2. The van der Waals surface area contributed by atoms with Crippen molar-refractivity contribution >= 4 is 50.5 Å². The highest BCUT2D eigenvalue weighted by atomic mass is 35.5. The Morgan fingerprint density at radius 3 is 2.57 bits per heavy atom. The van der Waals surface area contributed by atoms with Crippen molar-refractivity contribution in [2.45, 2.75) is 18.8 Å². The van der Waals surface area contributed by atoms with Gasteiger partial charge in [-0.05, 0) is 17.7 Å².